The van der Waals surface area contributed by atoms with E-state index in [9.17, 15) is 13.2 Å². The minimum Gasteiger partial charge on any atom is -0.199 e. The largest absolute Gasteiger partial charge is 0.566 e. The van der Waals surface area contributed by atoms with E-state index in [1.165, 1.54) is 0 Å². The van der Waals surface area contributed by atoms with Crippen molar-refractivity contribution in [3.63, 3.8) is 0 Å². The number of hydrogen-bond donors (Lipinski definition) is 0. The summed E-state index contributed by atoms with van der Waals surface area (Å²) in [6, 6.07) is 8.27. The number of alkyl halides is 3. The van der Waals surface area contributed by atoms with E-state index in [1.807, 2.05) is 0 Å². The van der Waals surface area contributed by atoms with Gasteiger partial charge in [-0.3, -0.25) is 0 Å². The molecule has 0 spiro atoms. The summed E-state index contributed by atoms with van der Waals surface area (Å²) in [4.78, 5) is 0. The average Bonchev–Trinajstić information content (AvgIpc) is 2.30. The minimum atomic E-state index is -4.19. The van der Waals surface area contributed by atoms with Crippen molar-refractivity contribution in [2.24, 2.45) is 0 Å². The summed E-state index contributed by atoms with van der Waals surface area (Å²) in [5.41, 5.74) is 0.370. The molecule has 16 heavy (non-hydrogen) atoms. The standard InChI is InChI=1S/C12H15F3N/c13-12(14,15)16(9-5-2-6-10-16)11-7-3-1-4-8-11/h1,3-4,7-8H,2,5-6,9-10H2/q+1. The molecule has 0 N–H and O–H groups in total. The molecule has 1 nitrogen and oxygen atoms in total. The number of rotatable bonds is 1. The van der Waals surface area contributed by atoms with E-state index in [-0.39, 0.29) is 13.1 Å². The first kappa shape index (κ1) is 11.5. The Kier molecular flexibility index (Phi) is 2.93. The fourth-order valence-corrected chi connectivity index (χ4v) is 2.42. The van der Waals surface area contributed by atoms with Gasteiger partial charge in [-0.1, -0.05) is 18.2 Å². The maximum absolute atomic E-state index is 13.3. The van der Waals surface area contributed by atoms with Crippen molar-refractivity contribution in [2.75, 3.05) is 13.1 Å². The van der Waals surface area contributed by atoms with Gasteiger partial charge in [0.15, 0.2) is 0 Å². The van der Waals surface area contributed by atoms with Gasteiger partial charge < -0.3 is 0 Å². The summed E-state index contributed by atoms with van der Waals surface area (Å²) >= 11 is 0. The van der Waals surface area contributed by atoms with Gasteiger partial charge in [0.2, 0.25) is 0 Å². The monoisotopic (exact) mass is 230 g/mol. The average molecular weight is 230 g/mol. The number of hydrogen-bond acceptors (Lipinski definition) is 0. The summed E-state index contributed by atoms with van der Waals surface area (Å²) in [7, 11) is 0. The molecule has 0 amide bonds. The number of benzene rings is 1. The number of likely N-dealkylation sites (tertiary alicyclic amines) is 1. The Morgan fingerprint density at radius 1 is 0.875 bits per heavy atom. The van der Waals surface area contributed by atoms with E-state index in [1.54, 1.807) is 30.3 Å². The van der Waals surface area contributed by atoms with Crippen molar-refractivity contribution in [1.82, 2.24) is 4.48 Å². The molecule has 1 aromatic carbocycles. The smallest absolute Gasteiger partial charge is 0.199 e. The van der Waals surface area contributed by atoms with E-state index < -0.39 is 10.8 Å². The van der Waals surface area contributed by atoms with E-state index >= 15 is 0 Å². The lowest BCUT2D eigenvalue weighted by Crippen LogP contribution is -2.62. The zero-order chi connectivity index (χ0) is 11.6. The van der Waals surface area contributed by atoms with Gasteiger partial charge in [0, 0.05) is 0 Å². The van der Waals surface area contributed by atoms with Crippen LogP contribution in [0.2, 0.25) is 0 Å². The third-order valence-corrected chi connectivity index (χ3v) is 3.32. The molecule has 0 atom stereocenters. The van der Waals surface area contributed by atoms with Crippen LogP contribution in [0.25, 0.3) is 0 Å². The van der Waals surface area contributed by atoms with Crippen LogP contribution in [-0.4, -0.2) is 19.4 Å². The predicted octanol–water partition coefficient (Wildman–Crippen LogP) is 3.70. The van der Waals surface area contributed by atoms with Gasteiger partial charge in [-0.05, 0) is 31.4 Å². The van der Waals surface area contributed by atoms with Crippen LogP contribution >= 0.6 is 0 Å². The topological polar surface area (TPSA) is 0 Å². The first-order valence-electron chi connectivity index (χ1n) is 5.56. The maximum atomic E-state index is 13.3. The molecule has 1 aromatic rings. The number of halogens is 3. The summed E-state index contributed by atoms with van der Waals surface area (Å²) < 4.78 is 38.9. The third kappa shape index (κ3) is 1.82. The Morgan fingerprint density at radius 2 is 1.44 bits per heavy atom. The Bertz CT molecular complexity index is 339. The van der Waals surface area contributed by atoms with Crippen LogP contribution in [0.3, 0.4) is 0 Å². The lowest BCUT2D eigenvalue weighted by molar-refractivity contribution is -0.242. The third-order valence-electron chi connectivity index (χ3n) is 3.32. The van der Waals surface area contributed by atoms with Crippen LogP contribution in [0.5, 0.6) is 0 Å². The lowest BCUT2D eigenvalue weighted by Gasteiger charge is -2.41. The number of para-hydroxylation sites is 1. The van der Waals surface area contributed by atoms with E-state index in [2.05, 4.69) is 0 Å². The molecule has 0 bridgehead atoms. The van der Waals surface area contributed by atoms with Gasteiger partial charge in [-0.15, -0.1) is 13.2 Å². The molecule has 1 aliphatic heterocycles. The number of piperidine rings is 1. The molecule has 88 valence electrons. The highest BCUT2D eigenvalue weighted by molar-refractivity contribution is 5.43. The van der Waals surface area contributed by atoms with Crippen molar-refractivity contribution in [3.05, 3.63) is 30.3 Å². The second kappa shape index (κ2) is 4.09. The van der Waals surface area contributed by atoms with Gasteiger partial charge in [0.1, 0.15) is 5.69 Å². The highest BCUT2D eigenvalue weighted by atomic mass is 19.4. The first-order chi connectivity index (χ1) is 7.56. The van der Waals surface area contributed by atoms with Crippen LogP contribution in [0.1, 0.15) is 19.3 Å². The second-order valence-corrected chi connectivity index (χ2v) is 4.28. The Labute approximate surface area is 93.1 Å². The molecule has 0 saturated carbocycles. The van der Waals surface area contributed by atoms with E-state index in [4.69, 9.17) is 0 Å². The Balaban J connectivity index is 2.42. The molecule has 1 aliphatic rings. The lowest BCUT2D eigenvalue weighted by atomic mass is 10.1. The van der Waals surface area contributed by atoms with Gasteiger partial charge in [0.25, 0.3) is 0 Å². The predicted molar refractivity (Wildman–Crippen MR) is 57.9 cm³/mol. The van der Waals surface area contributed by atoms with Crippen molar-refractivity contribution >= 4 is 5.69 Å². The zero-order valence-corrected chi connectivity index (χ0v) is 9.00. The fourth-order valence-electron chi connectivity index (χ4n) is 2.42. The molecular weight excluding hydrogens is 215 g/mol. The molecular formula is C12H15F3N+. The SMILES string of the molecule is FC(F)(F)[N+]1(c2ccccc2)CCCCC1. The minimum absolute atomic E-state index is 0.174. The summed E-state index contributed by atoms with van der Waals surface area (Å²) in [5.74, 6) is 0. The summed E-state index contributed by atoms with van der Waals surface area (Å²) in [6.45, 7) is 0.348. The highest BCUT2D eigenvalue weighted by Crippen LogP contribution is 2.39. The van der Waals surface area contributed by atoms with Crippen molar-refractivity contribution in [3.8, 4) is 0 Å². The maximum Gasteiger partial charge on any atom is 0.566 e. The molecule has 1 saturated heterocycles. The van der Waals surface area contributed by atoms with Crippen LogP contribution in [0.4, 0.5) is 18.9 Å². The quantitative estimate of drug-likeness (QED) is 0.509. The molecule has 2 rings (SSSR count). The number of quaternary nitrogens is 1. The van der Waals surface area contributed by atoms with Gasteiger partial charge >= 0.3 is 6.30 Å². The van der Waals surface area contributed by atoms with Gasteiger partial charge in [0.05, 0.1) is 13.1 Å². The van der Waals surface area contributed by atoms with Crippen LogP contribution in [-0.2, 0) is 0 Å². The molecule has 4 heteroatoms. The Hall–Kier alpha value is -1.03. The normalized spacial score (nSPS) is 20.7. The van der Waals surface area contributed by atoms with Crippen molar-refractivity contribution < 1.29 is 13.2 Å². The molecule has 0 radical (unpaired) electrons. The van der Waals surface area contributed by atoms with Crippen LogP contribution < -0.4 is 4.48 Å². The highest BCUT2D eigenvalue weighted by Gasteiger charge is 2.56. The molecule has 1 heterocycles. The first-order valence-corrected chi connectivity index (χ1v) is 5.56. The summed E-state index contributed by atoms with van der Waals surface area (Å²) in [6.07, 6.45) is -1.99. The summed E-state index contributed by atoms with van der Waals surface area (Å²) in [5, 5.41) is 0. The molecule has 0 aliphatic carbocycles. The number of nitrogens with zero attached hydrogens (tertiary/aromatic N) is 1. The van der Waals surface area contributed by atoms with Gasteiger partial charge in [-0.2, -0.15) is 4.48 Å². The molecule has 1 fully saturated rings. The van der Waals surface area contributed by atoms with Crippen LogP contribution in [0.15, 0.2) is 30.3 Å². The Morgan fingerprint density at radius 3 is 1.94 bits per heavy atom. The van der Waals surface area contributed by atoms with Crippen molar-refractivity contribution in [1.29, 1.82) is 0 Å². The second-order valence-electron chi connectivity index (χ2n) is 4.28. The zero-order valence-electron chi connectivity index (χ0n) is 9.00. The molecule has 0 aromatic heterocycles. The van der Waals surface area contributed by atoms with E-state index in [0.717, 1.165) is 6.42 Å². The fraction of sp³-hybridized carbons (Fsp3) is 0.500. The van der Waals surface area contributed by atoms with Crippen molar-refractivity contribution in [2.45, 2.75) is 25.6 Å². The van der Waals surface area contributed by atoms with Gasteiger partial charge in [-0.25, -0.2) is 0 Å². The van der Waals surface area contributed by atoms with Crippen LogP contribution in [0, 0.1) is 0 Å². The van der Waals surface area contributed by atoms with E-state index in [0.29, 0.717) is 18.5 Å². The molecule has 0 unspecified atom stereocenters.